The Hall–Kier alpha value is -2.03. The molecule has 0 spiro atoms. The summed E-state index contributed by atoms with van der Waals surface area (Å²) in [6.07, 6.45) is 4.65. The Morgan fingerprint density at radius 2 is 1.88 bits per heavy atom. The maximum absolute atomic E-state index is 4.78. The van der Waals surface area contributed by atoms with Crippen LogP contribution in [0, 0.1) is 0 Å². The molecule has 130 valence electrons. The molecule has 0 aliphatic rings. The van der Waals surface area contributed by atoms with E-state index >= 15 is 0 Å². The van der Waals surface area contributed by atoms with Crippen molar-refractivity contribution in [3.8, 4) is 11.4 Å². The second-order valence-electron chi connectivity index (χ2n) is 5.40. The van der Waals surface area contributed by atoms with Crippen LogP contribution < -0.4 is 0 Å². The average molecular weight is 398 g/mol. The summed E-state index contributed by atoms with van der Waals surface area (Å²) in [7, 11) is 0. The van der Waals surface area contributed by atoms with Gasteiger partial charge in [-0.1, -0.05) is 48.2 Å². The molecule has 1 aromatic carbocycles. The van der Waals surface area contributed by atoms with Gasteiger partial charge in [0.2, 0.25) is 0 Å². The third kappa shape index (κ3) is 3.87. The number of fused-ring (bicyclic) bond motifs is 1. The normalized spacial score (nSPS) is 11.1. The molecule has 0 saturated carbocycles. The van der Waals surface area contributed by atoms with Crippen LogP contribution in [0.4, 0.5) is 0 Å². The van der Waals surface area contributed by atoms with Crippen LogP contribution in [0.2, 0.25) is 0 Å². The summed E-state index contributed by atoms with van der Waals surface area (Å²) >= 11 is 4.90. The van der Waals surface area contributed by atoms with Gasteiger partial charge in [-0.3, -0.25) is 4.98 Å². The highest BCUT2D eigenvalue weighted by molar-refractivity contribution is 8.03. The van der Waals surface area contributed by atoms with Crippen LogP contribution in [-0.4, -0.2) is 30.9 Å². The van der Waals surface area contributed by atoms with Crippen molar-refractivity contribution in [1.82, 2.24) is 25.1 Å². The number of para-hydroxylation sites is 1. The number of benzene rings is 1. The topological polar surface area (TPSA) is 64.5 Å². The molecule has 0 atom stereocenters. The largest absolute Gasteiger partial charge is 0.264 e. The van der Waals surface area contributed by atoms with Crippen molar-refractivity contribution in [3.05, 3.63) is 48.8 Å². The van der Waals surface area contributed by atoms with E-state index in [4.69, 9.17) is 9.97 Å². The van der Waals surface area contributed by atoms with E-state index in [-0.39, 0.29) is 0 Å². The minimum absolute atomic E-state index is 0.671. The molecular formula is C18H15N5S3. The van der Waals surface area contributed by atoms with Crippen molar-refractivity contribution < 1.29 is 0 Å². The van der Waals surface area contributed by atoms with Crippen molar-refractivity contribution in [2.75, 3.05) is 5.75 Å². The Kier molecular flexibility index (Phi) is 5.42. The fourth-order valence-electron chi connectivity index (χ4n) is 2.32. The van der Waals surface area contributed by atoms with E-state index in [2.05, 4.69) is 22.1 Å². The number of hydrogen-bond donors (Lipinski definition) is 0. The maximum Gasteiger partial charge on any atom is 0.181 e. The summed E-state index contributed by atoms with van der Waals surface area (Å²) in [6.45, 7) is 2.16. The van der Waals surface area contributed by atoms with Crippen molar-refractivity contribution in [3.63, 3.8) is 0 Å². The molecule has 4 aromatic rings. The lowest BCUT2D eigenvalue weighted by Crippen LogP contribution is -1.94. The van der Waals surface area contributed by atoms with E-state index in [0.717, 1.165) is 42.3 Å². The van der Waals surface area contributed by atoms with E-state index in [0.29, 0.717) is 5.82 Å². The molecule has 0 aliphatic heterocycles. The minimum Gasteiger partial charge on any atom is -0.264 e. The second kappa shape index (κ2) is 8.11. The number of pyridine rings is 1. The van der Waals surface area contributed by atoms with Crippen molar-refractivity contribution >= 4 is 45.8 Å². The standard InChI is InChI=1S/C18H15N5S3/c1-2-10-24-17-22-23-18(26-17)25-16-13-7-3-4-8-14(13)20-15(21-16)12-6-5-9-19-11-12/h3-9,11H,2,10H2,1H3. The molecule has 3 heterocycles. The zero-order chi connectivity index (χ0) is 17.8. The molecule has 0 fully saturated rings. The van der Waals surface area contributed by atoms with Crippen LogP contribution in [-0.2, 0) is 0 Å². The van der Waals surface area contributed by atoms with Gasteiger partial charge in [0.15, 0.2) is 14.5 Å². The van der Waals surface area contributed by atoms with Gasteiger partial charge >= 0.3 is 0 Å². The number of aromatic nitrogens is 5. The third-order valence-corrected chi connectivity index (χ3v) is 6.81. The Morgan fingerprint density at radius 3 is 2.73 bits per heavy atom. The number of nitrogens with zero attached hydrogens (tertiary/aromatic N) is 5. The molecule has 4 rings (SSSR count). The van der Waals surface area contributed by atoms with Gasteiger partial charge < -0.3 is 0 Å². The lowest BCUT2D eigenvalue weighted by Gasteiger charge is -2.07. The first-order valence-electron chi connectivity index (χ1n) is 8.15. The van der Waals surface area contributed by atoms with Gasteiger partial charge in [0.25, 0.3) is 0 Å². The monoisotopic (exact) mass is 397 g/mol. The summed E-state index contributed by atoms with van der Waals surface area (Å²) in [6, 6.07) is 11.9. The van der Waals surface area contributed by atoms with E-state index in [9.17, 15) is 0 Å². The SMILES string of the molecule is CCCSc1nnc(Sc2nc(-c3cccnc3)nc3ccccc23)s1. The Bertz CT molecular complexity index is 1020. The van der Waals surface area contributed by atoms with Crippen LogP contribution in [0.5, 0.6) is 0 Å². The van der Waals surface area contributed by atoms with Gasteiger partial charge in [0.1, 0.15) is 5.03 Å². The van der Waals surface area contributed by atoms with Crippen LogP contribution in [0.3, 0.4) is 0 Å². The molecule has 0 amide bonds. The van der Waals surface area contributed by atoms with Gasteiger partial charge in [-0.25, -0.2) is 9.97 Å². The van der Waals surface area contributed by atoms with Crippen molar-refractivity contribution in [1.29, 1.82) is 0 Å². The van der Waals surface area contributed by atoms with E-state index in [1.165, 1.54) is 0 Å². The Balaban J connectivity index is 1.72. The first-order chi connectivity index (χ1) is 12.8. The molecule has 0 unspecified atom stereocenters. The van der Waals surface area contributed by atoms with Gasteiger partial charge in [-0.2, -0.15) is 0 Å². The fourth-order valence-corrected chi connectivity index (χ4v) is 5.29. The number of rotatable bonds is 6. The molecule has 0 radical (unpaired) electrons. The maximum atomic E-state index is 4.78. The lowest BCUT2D eigenvalue weighted by molar-refractivity contribution is 0.951. The average Bonchev–Trinajstić information content (AvgIpc) is 3.14. The molecule has 0 bridgehead atoms. The first kappa shape index (κ1) is 17.4. The van der Waals surface area contributed by atoms with Crippen LogP contribution in [0.15, 0.2) is 62.5 Å². The first-order valence-corrected chi connectivity index (χ1v) is 10.8. The summed E-state index contributed by atoms with van der Waals surface area (Å²) in [5, 5.41) is 10.5. The molecule has 8 heteroatoms. The highest BCUT2D eigenvalue weighted by Gasteiger charge is 2.13. The predicted octanol–water partition coefficient (Wildman–Crippen LogP) is 5.20. The third-order valence-electron chi connectivity index (χ3n) is 3.49. The van der Waals surface area contributed by atoms with Crippen LogP contribution in [0.25, 0.3) is 22.3 Å². The van der Waals surface area contributed by atoms with Gasteiger partial charge in [-0.05, 0) is 36.4 Å². The lowest BCUT2D eigenvalue weighted by atomic mass is 10.2. The molecule has 26 heavy (non-hydrogen) atoms. The molecule has 5 nitrogen and oxygen atoms in total. The van der Waals surface area contributed by atoms with E-state index in [1.54, 1.807) is 47.3 Å². The second-order valence-corrected chi connectivity index (χ2v) is 8.95. The van der Waals surface area contributed by atoms with Crippen molar-refractivity contribution in [2.24, 2.45) is 0 Å². The van der Waals surface area contributed by atoms with Gasteiger partial charge in [0, 0.05) is 29.1 Å². The fraction of sp³-hybridized carbons (Fsp3) is 0.167. The van der Waals surface area contributed by atoms with Crippen molar-refractivity contribution in [2.45, 2.75) is 27.0 Å². The summed E-state index contributed by atoms with van der Waals surface area (Å²) in [5.41, 5.74) is 1.81. The van der Waals surface area contributed by atoms with Gasteiger partial charge in [0.05, 0.1) is 5.52 Å². The molecule has 0 N–H and O–H groups in total. The molecule has 3 aromatic heterocycles. The van der Waals surface area contributed by atoms with Crippen LogP contribution in [0.1, 0.15) is 13.3 Å². The minimum atomic E-state index is 0.671. The molecular weight excluding hydrogens is 382 g/mol. The quantitative estimate of drug-likeness (QED) is 0.327. The number of thioether (sulfide) groups is 1. The molecule has 0 saturated heterocycles. The zero-order valence-electron chi connectivity index (χ0n) is 14.0. The van der Waals surface area contributed by atoms with E-state index < -0.39 is 0 Å². The summed E-state index contributed by atoms with van der Waals surface area (Å²) in [5.74, 6) is 1.73. The number of hydrogen-bond acceptors (Lipinski definition) is 8. The highest BCUT2D eigenvalue weighted by atomic mass is 32.2. The highest BCUT2D eigenvalue weighted by Crippen LogP contribution is 2.36. The Morgan fingerprint density at radius 1 is 1.00 bits per heavy atom. The predicted molar refractivity (Wildman–Crippen MR) is 108 cm³/mol. The zero-order valence-corrected chi connectivity index (χ0v) is 16.4. The van der Waals surface area contributed by atoms with Gasteiger partial charge in [-0.15, -0.1) is 10.2 Å². The summed E-state index contributed by atoms with van der Waals surface area (Å²) < 4.78 is 1.89. The summed E-state index contributed by atoms with van der Waals surface area (Å²) in [4.78, 5) is 13.7. The Labute approximate surface area is 163 Å². The van der Waals surface area contributed by atoms with E-state index in [1.807, 2.05) is 36.4 Å². The van der Waals surface area contributed by atoms with Crippen LogP contribution >= 0.6 is 34.9 Å². The molecule has 0 aliphatic carbocycles. The smallest absolute Gasteiger partial charge is 0.181 e.